The molecule has 2 fully saturated rings. The maximum atomic E-state index is 5.82. The van der Waals surface area contributed by atoms with Gasteiger partial charge in [-0.15, -0.1) is 0 Å². The number of hydrogen-bond donors (Lipinski definition) is 1. The minimum atomic E-state index is 0.589. The molecule has 20 heavy (non-hydrogen) atoms. The van der Waals surface area contributed by atoms with Crippen molar-refractivity contribution in [1.82, 2.24) is 9.80 Å². The van der Waals surface area contributed by atoms with Crippen LogP contribution in [0.1, 0.15) is 18.4 Å². The summed E-state index contributed by atoms with van der Waals surface area (Å²) in [5.41, 5.74) is 6.74. The van der Waals surface area contributed by atoms with Gasteiger partial charge in [0.1, 0.15) is 12.4 Å². The summed E-state index contributed by atoms with van der Waals surface area (Å²) < 4.78 is 5.82. The molecule has 2 heterocycles. The predicted octanol–water partition coefficient (Wildman–Crippen LogP) is 1.30. The minimum absolute atomic E-state index is 0.589. The third-order valence-corrected chi connectivity index (χ3v) is 4.51. The van der Waals surface area contributed by atoms with Gasteiger partial charge in [-0.2, -0.15) is 0 Å². The number of ether oxygens (including phenoxy) is 1. The van der Waals surface area contributed by atoms with Crippen molar-refractivity contribution < 1.29 is 4.74 Å². The third kappa shape index (κ3) is 3.32. The van der Waals surface area contributed by atoms with Crippen LogP contribution in [0, 0.1) is 0 Å². The highest BCUT2D eigenvalue weighted by Crippen LogP contribution is 2.21. The van der Waals surface area contributed by atoms with E-state index in [1.165, 1.54) is 39.0 Å². The topological polar surface area (TPSA) is 41.7 Å². The molecule has 2 aliphatic heterocycles. The maximum absolute atomic E-state index is 5.82. The first-order valence-electron chi connectivity index (χ1n) is 7.73. The van der Waals surface area contributed by atoms with Gasteiger partial charge >= 0.3 is 0 Å². The number of nitrogens with zero attached hydrogens (tertiary/aromatic N) is 2. The normalized spacial score (nSPS) is 23.8. The highest BCUT2D eigenvalue weighted by Gasteiger charge is 2.30. The zero-order valence-corrected chi connectivity index (χ0v) is 12.1. The Kier molecular flexibility index (Phi) is 4.55. The lowest BCUT2D eigenvalue weighted by molar-refractivity contribution is 0.0923. The van der Waals surface area contributed by atoms with Crippen LogP contribution in [0.3, 0.4) is 0 Å². The molecule has 0 spiro atoms. The van der Waals surface area contributed by atoms with Crippen LogP contribution in [-0.2, 0) is 6.54 Å². The minimum Gasteiger partial charge on any atom is -0.492 e. The van der Waals surface area contributed by atoms with Gasteiger partial charge in [-0.1, -0.05) is 12.1 Å². The molecule has 0 saturated carbocycles. The number of piperazine rings is 1. The Labute approximate surface area is 121 Å². The summed E-state index contributed by atoms with van der Waals surface area (Å²) in [6, 6.07) is 8.89. The second-order valence-electron chi connectivity index (χ2n) is 5.83. The second-order valence-corrected chi connectivity index (χ2v) is 5.83. The monoisotopic (exact) mass is 275 g/mol. The van der Waals surface area contributed by atoms with Crippen LogP contribution in [0.25, 0.3) is 0 Å². The fourth-order valence-electron chi connectivity index (χ4n) is 3.27. The van der Waals surface area contributed by atoms with Gasteiger partial charge in [-0.25, -0.2) is 0 Å². The first kappa shape index (κ1) is 13.9. The molecule has 110 valence electrons. The van der Waals surface area contributed by atoms with Gasteiger partial charge in [0.05, 0.1) is 0 Å². The molecule has 1 unspecified atom stereocenters. The first-order valence-corrected chi connectivity index (χ1v) is 7.73. The third-order valence-electron chi connectivity index (χ3n) is 4.51. The van der Waals surface area contributed by atoms with Crippen molar-refractivity contribution in [3.05, 3.63) is 29.8 Å². The fourth-order valence-corrected chi connectivity index (χ4v) is 3.27. The van der Waals surface area contributed by atoms with Gasteiger partial charge in [0.15, 0.2) is 0 Å². The van der Waals surface area contributed by atoms with Crippen LogP contribution in [0.2, 0.25) is 0 Å². The second kappa shape index (κ2) is 6.57. The molecule has 4 nitrogen and oxygen atoms in total. The van der Waals surface area contributed by atoms with Crippen LogP contribution in [0.15, 0.2) is 24.3 Å². The number of benzene rings is 1. The maximum Gasteiger partial charge on any atom is 0.119 e. The number of nitrogens with two attached hydrogens (primary N) is 1. The molecule has 0 aromatic heterocycles. The van der Waals surface area contributed by atoms with Crippen LogP contribution in [-0.4, -0.2) is 55.2 Å². The number of hydrogen-bond acceptors (Lipinski definition) is 4. The summed E-state index contributed by atoms with van der Waals surface area (Å²) in [7, 11) is 0. The average Bonchev–Trinajstić information content (AvgIpc) is 2.95. The lowest BCUT2D eigenvalue weighted by atomic mass is 10.1. The number of rotatable bonds is 5. The van der Waals surface area contributed by atoms with Crippen LogP contribution < -0.4 is 10.5 Å². The predicted molar refractivity (Wildman–Crippen MR) is 80.9 cm³/mol. The van der Waals surface area contributed by atoms with Crippen molar-refractivity contribution >= 4 is 0 Å². The summed E-state index contributed by atoms with van der Waals surface area (Å²) in [5.74, 6) is 0.946. The Hall–Kier alpha value is -1.10. The molecule has 4 heteroatoms. The van der Waals surface area contributed by atoms with Gasteiger partial charge < -0.3 is 10.5 Å². The first-order chi connectivity index (χ1) is 9.85. The van der Waals surface area contributed by atoms with Crippen molar-refractivity contribution in [2.24, 2.45) is 5.73 Å². The zero-order valence-electron chi connectivity index (χ0n) is 12.1. The highest BCUT2D eigenvalue weighted by atomic mass is 16.5. The quantitative estimate of drug-likeness (QED) is 0.879. The van der Waals surface area contributed by atoms with Crippen molar-refractivity contribution in [3.8, 4) is 5.75 Å². The molecule has 0 aliphatic carbocycles. The Morgan fingerprint density at radius 3 is 2.80 bits per heavy atom. The zero-order chi connectivity index (χ0) is 13.8. The summed E-state index contributed by atoms with van der Waals surface area (Å²) in [4.78, 5) is 5.18. The summed E-state index contributed by atoms with van der Waals surface area (Å²) >= 11 is 0. The van der Waals surface area contributed by atoms with Crippen LogP contribution in [0.4, 0.5) is 0 Å². The molecule has 2 aliphatic rings. The molecule has 1 aromatic rings. The molecule has 2 saturated heterocycles. The van der Waals surface area contributed by atoms with Crippen molar-refractivity contribution in [2.75, 3.05) is 39.3 Å². The smallest absolute Gasteiger partial charge is 0.119 e. The molecule has 0 amide bonds. The van der Waals surface area contributed by atoms with E-state index in [1.807, 2.05) is 24.3 Å². The molecule has 1 aromatic carbocycles. The molecule has 0 radical (unpaired) electrons. The van der Waals surface area contributed by atoms with Crippen molar-refractivity contribution in [3.63, 3.8) is 0 Å². The van der Waals surface area contributed by atoms with E-state index in [9.17, 15) is 0 Å². The lowest BCUT2D eigenvalue weighted by Gasteiger charge is -2.37. The summed E-state index contributed by atoms with van der Waals surface area (Å²) in [6.45, 7) is 7.34. The largest absolute Gasteiger partial charge is 0.492 e. The SMILES string of the molecule is NCc1ccc(OCCN2CCN3CCCC3C2)cc1. The van der Waals surface area contributed by atoms with Crippen molar-refractivity contribution in [2.45, 2.75) is 25.4 Å². The van der Waals surface area contributed by atoms with E-state index >= 15 is 0 Å². The molecule has 3 rings (SSSR count). The Morgan fingerprint density at radius 1 is 1.15 bits per heavy atom. The summed E-state index contributed by atoms with van der Waals surface area (Å²) in [5, 5.41) is 0. The van der Waals surface area contributed by atoms with E-state index in [0.717, 1.165) is 30.5 Å². The molecular formula is C16H25N3O. The van der Waals surface area contributed by atoms with E-state index in [4.69, 9.17) is 10.5 Å². The van der Waals surface area contributed by atoms with Crippen LogP contribution in [0.5, 0.6) is 5.75 Å². The van der Waals surface area contributed by atoms with Gasteiger partial charge in [-0.3, -0.25) is 9.80 Å². The van der Waals surface area contributed by atoms with E-state index in [2.05, 4.69) is 9.80 Å². The van der Waals surface area contributed by atoms with Gasteiger partial charge in [-0.05, 0) is 37.1 Å². The van der Waals surface area contributed by atoms with Crippen molar-refractivity contribution in [1.29, 1.82) is 0 Å². The molecule has 2 N–H and O–H groups in total. The van der Waals surface area contributed by atoms with Gasteiger partial charge in [0.25, 0.3) is 0 Å². The summed E-state index contributed by atoms with van der Waals surface area (Å²) in [6.07, 6.45) is 2.75. The van der Waals surface area contributed by atoms with Gasteiger partial charge in [0, 0.05) is 38.8 Å². The Balaban J connectivity index is 1.41. The fraction of sp³-hybridized carbons (Fsp3) is 0.625. The Morgan fingerprint density at radius 2 is 2.00 bits per heavy atom. The highest BCUT2D eigenvalue weighted by molar-refractivity contribution is 5.27. The van der Waals surface area contributed by atoms with Gasteiger partial charge in [0.2, 0.25) is 0 Å². The number of fused-ring (bicyclic) bond motifs is 1. The Bertz CT molecular complexity index is 420. The molecule has 1 atom stereocenters. The average molecular weight is 275 g/mol. The van der Waals surface area contributed by atoms with Crippen LogP contribution >= 0.6 is 0 Å². The van der Waals surface area contributed by atoms with E-state index in [-0.39, 0.29) is 0 Å². The van der Waals surface area contributed by atoms with E-state index in [0.29, 0.717) is 6.54 Å². The standard InChI is InChI=1S/C16H25N3O/c17-12-14-3-5-16(6-4-14)20-11-10-18-8-9-19-7-1-2-15(19)13-18/h3-6,15H,1-2,7-13,17H2. The van der Waals surface area contributed by atoms with E-state index < -0.39 is 0 Å². The lowest BCUT2D eigenvalue weighted by Crippen LogP contribution is -2.50. The molecule has 0 bridgehead atoms. The van der Waals surface area contributed by atoms with E-state index in [1.54, 1.807) is 0 Å². The molecular weight excluding hydrogens is 250 g/mol.